The summed E-state index contributed by atoms with van der Waals surface area (Å²) in [6.07, 6.45) is 2.65. The summed E-state index contributed by atoms with van der Waals surface area (Å²) in [5, 5.41) is 3.46. The van der Waals surface area contributed by atoms with E-state index in [4.69, 9.17) is 16.3 Å². The molecule has 1 N–H and O–H groups in total. The van der Waals surface area contributed by atoms with Crippen molar-refractivity contribution in [2.45, 2.75) is 26.2 Å². The van der Waals surface area contributed by atoms with Gasteiger partial charge in [-0.25, -0.2) is 4.79 Å². The van der Waals surface area contributed by atoms with Gasteiger partial charge in [0, 0.05) is 11.6 Å². The molecule has 1 rings (SSSR count). The second-order valence-electron chi connectivity index (χ2n) is 3.73. The van der Waals surface area contributed by atoms with E-state index in [1.54, 1.807) is 6.92 Å². The van der Waals surface area contributed by atoms with Crippen molar-refractivity contribution >= 4 is 17.7 Å². The maximum absolute atomic E-state index is 11.0. The average molecular weight is 256 g/mol. The molecule has 0 bridgehead atoms. The third-order valence-corrected chi connectivity index (χ3v) is 2.60. The maximum Gasteiger partial charge on any atom is 0.407 e. The number of carbonyl (C=O) groups is 1. The van der Waals surface area contributed by atoms with E-state index in [0.717, 1.165) is 24.3 Å². The Hall–Kier alpha value is -1.22. The lowest BCUT2D eigenvalue weighted by molar-refractivity contribution is 0.152. The van der Waals surface area contributed by atoms with E-state index in [2.05, 4.69) is 5.32 Å². The van der Waals surface area contributed by atoms with Crippen molar-refractivity contribution in [1.29, 1.82) is 0 Å². The highest BCUT2D eigenvalue weighted by atomic mass is 35.5. The van der Waals surface area contributed by atoms with Gasteiger partial charge in [-0.2, -0.15) is 0 Å². The van der Waals surface area contributed by atoms with Crippen LogP contribution in [-0.4, -0.2) is 19.2 Å². The predicted molar refractivity (Wildman–Crippen MR) is 69.4 cm³/mol. The molecule has 0 aliphatic heterocycles. The number of amides is 1. The van der Waals surface area contributed by atoms with Crippen LogP contribution < -0.4 is 5.32 Å². The second-order valence-corrected chi connectivity index (χ2v) is 4.17. The van der Waals surface area contributed by atoms with E-state index in [1.165, 1.54) is 5.56 Å². The molecular formula is C13H18ClNO2. The fourth-order valence-electron chi connectivity index (χ4n) is 1.48. The second kappa shape index (κ2) is 7.96. The molecule has 0 spiro atoms. The Labute approximate surface area is 107 Å². The summed E-state index contributed by atoms with van der Waals surface area (Å²) < 4.78 is 4.76. The molecule has 0 fully saturated rings. The van der Waals surface area contributed by atoms with Crippen LogP contribution in [0.5, 0.6) is 0 Å². The van der Waals surface area contributed by atoms with Gasteiger partial charge in [0.1, 0.15) is 0 Å². The molecular weight excluding hydrogens is 238 g/mol. The van der Waals surface area contributed by atoms with Crippen LogP contribution in [0, 0.1) is 0 Å². The number of nitrogens with one attached hydrogen (secondary N) is 1. The Balaban J connectivity index is 2.08. The fraction of sp³-hybridized carbons (Fsp3) is 0.462. The van der Waals surface area contributed by atoms with Crippen LogP contribution in [0.25, 0.3) is 0 Å². The van der Waals surface area contributed by atoms with Gasteiger partial charge in [0.15, 0.2) is 0 Å². The quantitative estimate of drug-likeness (QED) is 0.791. The van der Waals surface area contributed by atoms with Gasteiger partial charge in [0.05, 0.1) is 6.61 Å². The van der Waals surface area contributed by atoms with Crippen LogP contribution in [0.3, 0.4) is 0 Å². The van der Waals surface area contributed by atoms with Crippen LogP contribution in [-0.2, 0) is 11.2 Å². The van der Waals surface area contributed by atoms with Crippen molar-refractivity contribution in [3.05, 3.63) is 34.9 Å². The van der Waals surface area contributed by atoms with Gasteiger partial charge < -0.3 is 10.1 Å². The minimum absolute atomic E-state index is 0.334. The highest BCUT2D eigenvalue weighted by Gasteiger charge is 1.98. The van der Waals surface area contributed by atoms with Crippen molar-refractivity contribution in [1.82, 2.24) is 5.32 Å². The van der Waals surface area contributed by atoms with Gasteiger partial charge in [-0.15, -0.1) is 0 Å². The molecule has 0 aliphatic carbocycles. The van der Waals surface area contributed by atoms with Gasteiger partial charge in [0.2, 0.25) is 0 Å². The van der Waals surface area contributed by atoms with Gasteiger partial charge in [-0.05, 0) is 43.9 Å². The lowest BCUT2D eigenvalue weighted by Crippen LogP contribution is -2.25. The highest BCUT2D eigenvalue weighted by Crippen LogP contribution is 2.11. The van der Waals surface area contributed by atoms with Crippen LogP contribution in [0.4, 0.5) is 4.79 Å². The normalized spacial score (nSPS) is 10.0. The number of carbonyl (C=O) groups excluding carboxylic acids is 1. The summed E-state index contributed by atoms with van der Waals surface area (Å²) in [6.45, 7) is 2.86. The standard InChI is InChI=1S/C13H18ClNO2/c1-2-17-13(16)15-10-4-3-5-11-6-8-12(14)9-7-11/h6-9H,2-5,10H2,1H3,(H,15,16). The average Bonchev–Trinajstić information content (AvgIpc) is 2.31. The summed E-state index contributed by atoms with van der Waals surface area (Å²) in [6, 6.07) is 7.85. The molecule has 0 heterocycles. The summed E-state index contributed by atoms with van der Waals surface area (Å²) >= 11 is 5.80. The summed E-state index contributed by atoms with van der Waals surface area (Å²) in [5.41, 5.74) is 1.27. The molecule has 1 aromatic rings. The number of benzene rings is 1. The van der Waals surface area contributed by atoms with Crippen LogP contribution in [0.1, 0.15) is 25.3 Å². The van der Waals surface area contributed by atoms with Crippen LogP contribution in [0.15, 0.2) is 24.3 Å². The minimum atomic E-state index is -0.334. The fourth-order valence-corrected chi connectivity index (χ4v) is 1.60. The van der Waals surface area contributed by atoms with Crippen molar-refractivity contribution in [2.75, 3.05) is 13.2 Å². The zero-order valence-electron chi connectivity index (χ0n) is 10.0. The first-order valence-electron chi connectivity index (χ1n) is 5.87. The van der Waals surface area contributed by atoms with E-state index in [-0.39, 0.29) is 6.09 Å². The van der Waals surface area contributed by atoms with Gasteiger partial charge >= 0.3 is 6.09 Å². The number of ether oxygens (including phenoxy) is 1. The van der Waals surface area contributed by atoms with Gasteiger partial charge in [-0.1, -0.05) is 23.7 Å². The molecule has 17 heavy (non-hydrogen) atoms. The molecule has 0 aromatic heterocycles. The molecule has 0 unspecified atom stereocenters. The van der Waals surface area contributed by atoms with E-state index < -0.39 is 0 Å². The molecule has 94 valence electrons. The number of aryl methyl sites for hydroxylation is 1. The van der Waals surface area contributed by atoms with Crippen LogP contribution in [0.2, 0.25) is 5.02 Å². The smallest absolute Gasteiger partial charge is 0.407 e. The first-order chi connectivity index (χ1) is 8.22. The lowest BCUT2D eigenvalue weighted by atomic mass is 10.1. The maximum atomic E-state index is 11.0. The molecule has 0 atom stereocenters. The Morgan fingerprint density at radius 1 is 1.29 bits per heavy atom. The minimum Gasteiger partial charge on any atom is -0.450 e. The number of halogens is 1. The Morgan fingerprint density at radius 3 is 2.65 bits per heavy atom. The van der Waals surface area contributed by atoms with Crippen molar-refractivity contribution in [3.63, 3.8) is 0 Å². The molecule has 0 saturated heterocycles. The zero-order valence-corrected chi connectivity index (χ0v) is 10.8. The molecule has 0 aliphatic rings. The Morgan fingerprint density at radius 2 is 2.00 bits per heavy atom. The highest BCUT2D eigenvalue weighted by molar-refractivity contribution is 6.30. The topological polar surface area (TPSA) is 38.3 Å². The van der Waals surface area contributed by atoms with Gasteiger partial charge in [-0.3, -0.25) is 0 Å². The van der Waals surface area contributed by atoms with E-state index in [9.17, 15) is 4.79 Å². The number of hydrogen-bond donors (Lipinski definition) is 1. The van der Waals surface area contributed by atoms with E-state index in [1.807, 2.05) is 24.3 Å². The van der Waals surface area contributed by atoms with Crippen molar-refractivity contribution in [3.8, 4) is 0 Å². The molecule has 0 radical (unpaired) electrons. The van der Waals surface area contributed by atoms with Crippen molar-refractivity contribution < 1.29 is 9.53 Å². The number of alkyl carbamates (subject to hydrolysis) is 1. The zero-order chi connectivity index (χ0) is 12.5. The Bertz CT molecular complexity index is 338. The van der Waals surface area contributed by atoms with E-state index >= 15 is 0 Å². The molecule has 3 nitrogen and oxygen atoms in total. The van der Waals surface area contributed by atoms with Gasteiger partial charge in [0.25, 0.3) is 0 Å². The predicted octanol–water partition coefficient (Wildman–Crippen LogP) is 3.41. The summed E-state index contributed by atoms with van der Waals surface area (Å²) in [5.74, 6) is 0. The summed E-state index contributed by atoms with van der Waals surface area (Å²) in [7, 11) is 0. The summed E-state index contributed by atoms with van der Waals surface area (Å²) in [4.78, 5) is 11.0. The van der Waals surface area contributed by atoms with E-state index in [0.29, 0.717) is 13.2 Å². The first-order valence-corrected chi connectivity index (χ1v) is 6.25. The lowest BCUT2D eigenvalue weighted by Gasteiger charge is -2.05. The monoisotopic (exact) mass is 255 g/mol. The van der Waals surface area contributed by atoms with Crippen LogP contribution >= 0.6 is 11.6 Å². The number of unbranched alkanes of at least 4 members (excludes halogenated alkanes) is 1. The first kappa shape index (κ1) is 13.8. The third kappa shape index (κ3) is 6.17. The molecule has 1 amide bonds. The molecule has 1 aromatic carbocycles. The number of hydrogen-bond acceptors (Lipinski definition) is 2. The largest absolute Gasteiger partial charge is 0.450 e. The molecule has 0 saturated carbocycles. The number of rotatable bonds is 6. The SMILES string of the molecule is CCOC(=O)NCCCCc1ccc(Cl)cc1. The molecule has 4 heteroatoms. The Kier molecular flexibility index (Phi) is 6.48. The third-order valence-electron chi connectivity index (χ3n) is 2.35. The van der Waals surface area contributed by atoms with Crippen molar-refractivity contribution in [2.24, 2.45) is 0 Å².